The second kappa shape index (κ2) is 2.68. The topological polar surface area (TPSA) is 49.8 Å². The second-order valence-corrected chi connectivity index (χ2v) is 2.28. The molecule has 0 unspecified atom stereocenters. The summed E-state index contributed by atoms with van der Waals surface area (Å²) in [4.78, 5) is 0. The van der Waals surface area contributed by atoms with E-state index >= 15 is 0 Å². The Morgan fingerprint density at radius 2 is 2.25 bits per heavy atom. The van der Waals surface area contributed by atoms with Crippen LogP contribution in [-0.2, 0) is 0 Å². The molecule has 0 aromatic rings. The van der Waals surface area contributed by atoms with Gasteiger partial charge in [-0.1, -0.05) is 13.3 Å². The molecule has 0 radical (unpaired) electrons. The number of nitriles is 1. The third-order valence-electron chi connectivity index (χ3n) is 1.02. The fourth-order valence-electron chi connectivity index (χ4n) is 0.575. The lowest BCUT2D eigenvalue weighted by molar-refractivity contribution is 0.538. The molecule has 0 amide bonds. The Bertz CT molecular complexity index is 99.6. The predicted molar refractivity (Wildman–Crippen MR) is 33.1 cm³/mol. The Labute approximate surface area is 50.3 Å². The van der Waals surface area contributed by atoms with Gasteiger partial charge in [-0.2, -0.15) is 5.26 Å². The molecule has 0 rings (SSSR count). The fourth-order valence-corrected chi connectivity index (χ4v) is 0.575. The molecule has 2 N–H and O–H groups in total. The molecule has 0 aliphatic carbocycles. The van der Waals surface area contributed by atoms with Crippen LogP contribution in [0.4, 0.5) is 0 Å². The van der Waals surface area contributed by atoms with E-state index in [0.29, 0.717) is 0 Å². The lowest BCUT2D eigenvalue weighted by Crippen LogP contribution is -2.33. The van der Waals surface area contributed by atoms with Crippen LogP contribution in [0.25, 0.3) is 0 Å². The normalized spacial score (nSPS) is 16.8. The Balaban J connectivity index is 3.59. The van der Waals surface area contributed by atoms with Crippen molar-refractivity contribution in [2.24, 2.45) is 5.73 Å². The fraction of sp³-hybridized carbons (Fsp3) is 0.833. The zero-order chi connectivity index (χ0) is 6.62. The zero-order valence-electron chi connectivity index (χ0n) is 5.44. The van der Waals surface area contributed by atoms with Gasteiger partial charge in [0.1, 0.15) is 5.54 Å². The first-order valence-electron chi connectivity index (χ1n) is 2.82. The van der Waals surface area contributed by atoms with Crippen molar-refractivity contribution in [3.63, 3.8) is 0 Å². The summed E-state index contributed by atoms with van der Waals surface area (Å²) in [6.45, 7) is 3.76. The van der Waals surface area contributed by atoms with Crippen molar-refractivity contribution >= 4 is 0 Å². The van der Waals surface area contributed by atoms with Gasteiger partial charge in [-0.25, -0.2) is 0 Å². The van der Waals surface area contributed by atoms with Crippen LogP contribution in [-0.4, -0.2) is 5.54 Å². The van der Waals surface area contributed by atoms with E-state index in [2.05, 4.69) is 0 Å². The van der Waals surface area contributed by atoms with Gasteiger partial charge >= 0.3 is 0 Å². The van der Waals surface area contributed by atoms with Crippen molar-refractivity contribution in [3.05, 3.63) is 0 Å². The molecule has 8 heavy (non-hydrogen) atoms. The largest absolute Gasteiger partial charge is 0.314 e. The van der Waals surface area contributed by atoms with E-state index in [4.69, 9.17) is 11.0 Å². The Morgan fingerprint density at radius 3 is 2.38 bits per heavy atom. The average Bonchev–Trinajstić information content (AvgIpc) is 1.67. The predicted octanol–water partition coefficient (Wildman–Crippen LogP) is 1.03. The van der Waals surface area contributed by atoms with Crippen LogP contribution in [0, 0.1) is 11.3 Å². The van der Waals surface area contributed by atoms with Crippen LogP contribution < -0.4 is 5.73 Å². The summed E-state index contributed by atoms with van der Waals surface area (Å²) in [5, 5.41) is 8.35. The van der Waals surface area contributed by atoms with Crippen molar-refractivity contribution in [2.75, 3.05) is 0 Å². The lowest BCUT2D eigenvalue weighted by Gasteiger charge is -2.11. The first-order valence-corrected chi connectivity index (χ1v) is 2.82. The summed E-state index contributed by atoms with van der Waals surface area (Å²) in [6, 6.07) is 2.02. The van der Waals surface area contributed by atoms with Gasteiger partial charge in [-0.05, 0) is 13.3 Å². The third kappa shape index (κ3) is 2.59. The number of nitrogens with two attached hydrogens (primary N) is 1. The number of rotatable bonds is 2. The highest BCUT2D eigenvalue weighted by Gasteiger charge is 2.13. The average molecular weight is 112 g/mol. The first-order chi connectivity index (χ1) is 3.62. The minimum atomic E-state index is -0.602. The van der Waals surface area contributed by atoms with Crippen LogP contribution in [0.2, 0.25) is 0 Å². The van der Waals surface area contributed by atoms with Crippen molar-refractivity contribution < 1.29 is 0 Å². The Kier molecular flexibility index (Phi) is 2.50. The molecular formula is C6H12N2. The Morgan fingerprint density at radius 1 is 1.75 bits per heavy atom. The number of hydrogen-bond donors (Lipinski definition) is 1. The van der Waals surface area contributed by atoms with Crippen molar-refractivity contribution in [1.82, 2.24) is 0 Å². The summed E-state index contributed by atoms with van der Waals surface area (Å²) in [5.41, 5.74) is 4.86. The zero-order valence-corrected chi connectivity index (χ0v) is 5.44. The van der Waals surface area contributed by atoms with Gasteiger partial charge in [0.2, 0.25) is 0 Å². The maximum atomic E-state index is 8.35. The molecule has 46 valence electrons. The molecule has 0 aliphatic rings. The molecule has 0 saturated carbocycles. The smallest absolute Gasteiger partial charge is 0.101 e. The molecule has 2 heteroatoms. The van der Waals surface area contributed by atoms with Gasteiger partial charge < -0.3 is 5.73 Å². The summed E-state index contributed by atoms with van der Waals surface area (Å²) in [5.74, 6) is 0. The van der Waals surface area contributed by atoms with Crippen LogP contribution in [0.1, 0.15) is 26.7 Å². The SMILES string of the molecule is CCC[C@@](C)(N)C#N. The molecule has 0 spiro atoms. The first kappa shape index (κ1) is 7.45. The summed E-state index contributed by atoms with van der Waals surface area (Å²) in [6.07, 6.45) is 1.75. The van der Waals surface area contributed by atoms with Crippen molar-refractivity contribution in [3.8, 4) is 6.07 Å². The third-order valence-corrected chi connectivity index (χ3v) is 1.02. The van der Waals surface area contributed by atoms with Crippen LogP contribution in [0.15, 0.2) is 0 Å². The van der Waals surface area contributed by atoms with E-state index in [1.54, 1.807) is 6.92 Å². The highest BCUT2D eigenvalue weighted by atomic mass is 14.7. The maximum Gasteiger partial charge on any atom is 0.101 e. The molecular weight excluding hydrogens is 100 g/mol. The van der Waals surface area contributed by atoms with Gasteiger partial charge in [-0.3, -0.25) is 0 Å². The summed E-state index contributed by atoms with van der Waals surface area (Å²) < 4.78 is 0. The molecule has 0 bridgehead atoms. The molecule has 2 nitrogen and oxygen atoms in total. The summed E-state index contributed by atoms with van der Waals surface area (Å²) in [7, 11) is 0. The second-order valence-electron chi connectivity index (χ2n) is 2.28. The highest BCUT2D eigenvalue weighted by molar-refractivity contribution is 5.00. The van der Waals surface area contributed by atoms with E-state index in [0.717, 1.165) is 12.8 Å². The maximum absolute atomic E-state index is 8.35. The molecule has 1 atom stereocenters. The van der Waals surface area contributed by atoms with E-state index in [-0.39, 0.29) is 0 Å². The quantitative estimate of drug-likeness (QED) is 0.580. The standard InChI is InChI=1S/C6H12N2/c1-3-4-6(2,8)5-7/h3-4,8H2,1-2H3/t6-/m1/s1. The highest BCUT2D eigenvalue weighted by Crippen LogP contribution is 2.04. The van der Waals surface area contributed by atoms with Gasteiger partial charge in [0, 0.05) is 0 Å². The molecule has 0 aliphatic heterocycles. The minimum Gasteiger partial charge on any atom is -0.314 e. The lowest BCUT2D eigenvalue weighted by atomic mass is 10.0. The summed E-state index contributed by atoms with van der Waals surface area (Å²) >= 11 is 0. The number of nitrogens with zero attached hydrogens (tertiary/aromatic N) is 1. The molecule has 0 aromatic carbocycles. The van der Waals surface area contributed by atoms with Crippen LogP contribution in [0.5, 0.6) is 0 Å². The van der Waals surface area contributed by atoms with E-state index in [1.165, 1.54) is 0 Å². The van der Waals surface area contributed by atoms with Gasteiger partial charge in [0.25, 0.3) is 0 Å². The molecule has 0 saturated heterocycles. The van der Waals surface area contributed by atoms with E-state index < -0.39 is 5.54 Å². The van der Waals surface area contributed by atoms with Gasteiger partial charge in [0.05, 0.1) is 6.07 Å². The van der Waals surface area contributed by atoms with Crippen molar-refractivity contribution in [1.29, 1.82) is 5.26 Å². The van der Waals surface area contributed by atoms with Crippen LogP contribution in [0.3, 0.4) is 0 Å². The van der Waals surface area contributed by atoms with E-state index in [1.807, 2.05) is 13.0 Å². The Hall–Kier alpha value is -0.550. The monoisotopic (exact) mass is 112 g/mol. The van der Waals surface area contributed by atoms with Gasteiger partial charge in [-0.15, -0.1) is 0 Å². The molecule has 0 fully saturated rings. The molecule has 0 heterocycles. The van der Waals surface area contributed by atoms with Crippen LogP contribution >= 0.6 is 0 Å². The van der Waals surface area contributed by atoms with Crippen molar-refractivity contribution in [2.45, 2.75) is 32.2 Å². The number of hydrogen-bond acceptors (Lipinski definition) is 2. The van der Waals surface area contributed by atoms with Gasteiger partial charge in [0.15, 0.2) is 0 Å². The molecule has 0 aromatic heterocycles. The van der Waals surface area contributed by atoms with E-state index in [9.17, 15) is 0 Å². The minimum absolute atomic E-state index is 0.602.